The molecule has 15 heavy (non-hydrogen) atoms. The molecule has 0 amide bonds. The first-order valence-corrected chi connectivity index (χ1v) is 5.61. The minimum atomic E-state index is -1.08. The summed E-state index contributed by atoms with van der Waals surface area (Å²) in [6.07, 6.45) is 0. The van der Waals surface area contributed by atoms with Crippen LogP contribution in [0.2, 0.25) is 0 Å². The largest absolute Gasteiger partial charge is 0.385 e. The van der Waals surface area contributed by atoms with Crippen LogP contribution in [0.5, 0.6) is 0 Å². The van der Waals surface area contributed by atoms with Crippen molar-refractivity contribution >= 4 is 5.78 Å². The quantitative estimate of drug-likeness (QED) is 0.711. The van der Waals surface area contributed by atoms with Crippen molar-refractivity contribution in [3.05, 3.63) is 12.2 Å². The van der Waals surface area contributed by atoms with Crippen molar-refractivity contribution in [1.29, 1.82) is 0 Å². The molecule has 0 unspecified atom stereocenters. The summed E-state index contributed by atoms with van der Waals surface area (Å²) in [5.41, 5.74) is -0.732. The molecule has 0 saturated carbocycles. The van der Waals surface area contributed by atoms with E-state index in [1.165, 1.54) is 0 Å². The third kappa shape index (κ3) is 2.69. The topological polar surface area (TPSA) is 37.3 Å². The Kier molecular flexibility index (Phi) is 4.72. The first-order valence-electron chi connectivity index (χ1n) is 5.61. The molecule has 0 radical (unpaired) electrons. The van der Waals surface area contributed by atoms with E-state index in [9.17, 15) is 9.90 Å². The maximum absolute atomic E-state index is 11.8. The molecule has 0 bridgehead atoms. The van der Waals surface area contributed by atoms with E-state index in [2.05, 4.69) is 6.58 Å². The Morgan fingerprint density at radius 2 is 1.40 bits per heavy atom. The Hall–Kier alpha value is -0.630. The average molecular weight is 212 g/mol. The first kappa shape index (κ1) is 14.4. The highest BCUT2D eigenvalue weighted by Crippen LogP contribution is 2.34. The summed E-state index contributed by atoms with van der Waals surface area (Å²) >= 11 is 0. The highest BCUT2D eigenvalue weighted by atomic mass is 16.3. The van der Waals surface area contributed by atoms with Crippen molar-refractivity contribution in [3.8, 4) is 0 Å². The number of carbonyl (C=O) groups excluding carboxylic acids is 1. The zero-order valence-electron chi connectivity index (χ0n) is 10.8. The molecule has 88 valence electrons. The van der Waals surface area contributed by atoms with Gasteiger partial charge < -0.3 is 5.11 Å². The molecule has 1 N–H and O–H groups in total. The van der Waals surface area contributed by atoms with Gasteiger partial charge in [-0.25, -0.2) is 0 Å². The van der Waals surface area contributed by atoms with Gasteiger partial charge in [0.15, 0.2) is 5.78 Å². The van der Waals surface area contributed by atoms with E-state index in [1.807, 2.05) is 41.5 Å². The summed E-state index contributed by atoms with van der Waals surface area (Å²) in [7, 11) is 0. The standard InChI is InChI=1S/C13H24O2/c1-8(2)12(14)11(7)13(15,9(3)4)10(5)6/h8-10,15H,7H2,1-6H3. The van der Waals surface area contributed by atoms with E-state index in [0.29, 0.717) is 5.57 Å². The lowest BCUT2D eigenvalue weighted by Crippen LogP contribution is -2.45. The lowest BCUT2D eigenvalue weighted by atomic mass is 9.72. The monoisotopic (exact) mass is 212 g/mol. The highest BCUT2D eigenvalue weighted by Gasteiger charge is 2.40. The average Bonchev–Trinajstić information content (AvgIpc) is 2.13. The summed E-state index contributed by atoms with van der Waals surface area (Å²) < 4.78 is 0. The Balaban J connectivity index is 5.13. The second kappa shape index (κ2) is 4.93. The second-order valence-corrected chi connectivity index (χ2v) is 5.13. The zero-order chi connectivity index (χ0) is 12.4. The summed E-state index contributed by atoms with van der Waals surface area (Å²) in [5, 5.41) is 10.5. The maximum Gasteiger partial charge on any atom is 0.163 e. The van der Waals surface area contributed by atoms with E-state index in [4.69, 9.17) is 0 Å². The van der Waals surface area contributed by atoms with E-state index in [0.717, 1.165) is 0 Å². The fourth-order valence-electron chi connectivity index (χ4n) is 1.91. The van der Waals surface area contributed by atoms with Crippen molar-refractivity contribution in [2.24, 2.45) is 17.8 Å². The van der Waals surface area contributed by atoms with Crippen LogP contribution in [0.3, 0.4) is 0 Å². The van der Waals surface area contributed by atoms with Crippen LogP contribution in [0.25, 0.3) is 0 Å². The number of hydrogen-bond donors (Lipinski definition) is 1. The summed E-state index contributed by atoms with van der Waals surface area (Å²) in [6.45, 7) is 15.1. The molecule has 0 aliphatic carbocycles. The lowest BCUT2D eigenvalue weighted by Gasteiger charge is -2.37. The minimum Gasteiger partial charge on any atom is -0.385 e. The highest BCUT2D eigenvalue weighted by molar-refractivity contribution is 5.98. The van der Waals surface area contributed by atoms with E-state index in [-0.39, 0.29) is 23.5 Å². The van der Waals surface area contributed by atoms with Crippen molar-refractivity contribution in [2.75, 3.05) is 0 Å². The Bertz CT molecular complexity index is 241. The molecule has 0 atom stereocenters. The van der Waals surface area contributed by atoms with E-state index in [1.54, 1.807) is 0 Å². The molecule has 0 heterocycles. The van der Waals surface area contributed by atoms with Gasteiger partial charge in [0.1, 0.15) is 0 Å². The Labute approximate surface area is 93.4 Å². The maximum atomic E-state index is 11.8. The normalized spacial score (nSPS) is 12.7. The van der Waals surface area contributed by atoms with Gasteiger partial charge >= 0.3 is 0 Å². The van der Waals surface area contributed by atoms with Crippen molar-refractivity contribution in [2.45, 2.75) is 47.1 Å². The molecule has 0 spiro atoms. The lowest BCUT2D eigenvalue weighted by molar-refractivity contribution is -0.122. The SMILES string of the molecule is C=C(C(=O)C(C)C)C(O)(C(C)C)C(C)C. The number of Topliss-reactive ketones (excluding diaryl/α,β-unsaturated/α-hetero) is 1. The van der Waals surface area contributed by atoms with Gasteiger partial charge in [0.2, 0.25) is 0 Å². The molecule has 0 aliphatic rings. The predicted octanol–water partition coefficient (Wildman–Crippen LogP) is 2.81. The number of hydrogen-bond acceptors (Lipinski definition) is 2. The van der Waals surface area contributed by atoms with Crippen LogP contribution in [-0.2, 0) is 4.79 Å². The van der Waals surface area contributed by atoms with Crippen LogP contribution >= 0.6 is 0 Å². The number of aliphatic hydroxyl groups is 1. The molecule has 0 aromatic rings. The number of carbonyl (C=O) groups is 1. The molecule has 0 aliphatic heterocycles. The second-order valence-electron chi connectivity index (χ2n) is 5.13. The van der Waals surface area contributed by atoms with Crippen LogP contribution < -0.4 is 0 Å². The molecule has 0 rings (SSSR count). The summed E-state index contributed by atoms with van der Waals surface area (Å²) in [4.78, 5) is 11.8. The van der Waals surface area contributed by atoms with Crippen molar-refractivity contribution in [3.63, 3.8) is 0 Å². The van der Waals surface area contributed by atoms with Crippen molar-refractivity contribution in [1.82, 2.24) is 0 Å². The van der Waals surface area contributed by atoms with Gasteiger partial charge in [0.05, 0.1) is 5.60 Å². The molecular weight excluding hydrogens is 188 g/mol. The molecular formula is C13H24O2. The van der Waals surface area contributed by atoms with Crippen LogP contribution in [0.15, 0.2) is 12.2 Å². The molecule has 0 aromatic heterocycles. The van der Waals surface area contributed by atoms with Gasteiger partial charge in [-0.3, -0.25) is 4.79 Å². The number of ketones is 1. The van der Waals surface area contributed by atoms with Gasteiger partial charge in [0, 0.05) is 11.5 Å². The fourth-order valence-corrected chi connectivity index (χ4v) is 1.91. The first-order chi connectivity index (χ1) is 6.65. The van der Waals surface area contributed by atoms with Gasteiger partial charge in [0.25, 0.3) is 0 Å². The smallest absolute Gasteiger partial charge is 0.163 e. The van der Waals surface area contributed by atoms with Gasteiger partial charge in [-0.15, -0.1) is 0 Å². The van der Waals surface area contributed by atoms with E-state index >= 15 is 0 Å². The molecule has 0 saturated heterocycles. The zero-order valence-corrected chi connectivity index (χ0v) is 10.8. The Morgan fingerprint density at radius 3 is 1.60 bits per heavy atom. The minimum absolute atomic E-state index is 0.00676. The summed E-state index contributed by atoms with van der Waals surface area (Å²) in [6, 6.07) is 0. The van der Waals surface area contributed by atoms with Crippen LogP contribution in [0.1, 0.15) is 41.5 Å². The molecule has 0 aromatic carbocycles. The molecule has 2 heteroatoms. The number of rotatable bonds is 5. The third-order valence-electron chi connectivity index (χ3n) is 3.07. The van der Waals surface area contributed by atoms with Crippen LogP contribution in [0.4, 0.5) is 0 Å². The van der Waals surface area contributed by atoms with Gasteiger partial charge in [-0.2, -0.15) is 0 Å². The summed E-state index contributed by atoms with van der Waals surface area (Å²) in [5.74, 6) is -0.165. The molecule has 2 nitrogen and oxygen atoms in total. The van der Waals surface area contributed by atoms with Gasteiger partial charge in [-0.1, -0.05) is 48.1 Å². The third-order valence-corrected chi connectivity index (χ3v) is 3.07. The van der Waals surface area contributed by atoms with Crippen LogP contribution in [0, 0.1) is 17.8 Å². The Morgan fingerprint density at radius 1 is 1.07 bits per heavy atom. The molecule has 0 fully saturated rings. The van der Waals surface area contributed by atoms with Crippen LogP contribution in [-0.4, -0.2) is 16.5 Å². The van der Waals surface area contributed by atoms with Crippen molar-refractivity contribution < 1.29 is 9.90 Å². The van der Waals surface area contributed by atoms with Gasteiger partial charge in [-0.05, 0) is 11.8 Å². The van der Waals surface area contributed by atoms with E-state index < -0.39 is 5.60 Å². The predicted molar refractivity (Wildman–Crippen MR) is 63.6 cm³/mol. The fraction of sp³-hybridized carbons (Fsp3) is 0.769.